The maximum atomic E-state index is 12.6. The predicted molar refractivity (Wildman–Crippen MR) is 82.9 cm³/mol. The highest BCUT2D eigenvalue weighted by molar-refractivity contribution is 7.89. The van der Waals surface area contributed by atoms with Crippen LogP contribution >= 0.6 is 0 Å². The van der Waals surface area contributed by atoms with E-state index in [0.29, 0.717) is 5.69 Å². The quantitative estimate of drug-likeness (QED) is 0.725. The van der Waals surface area contributed by atoms with Crippen molar-refractivity contribution in [3.8, 4) is 0 Å². The van der Waals surface area contributed by atoms with Crippen LogP contribution in [0.25, 0.3) is 0 Å². The molecule has 0 spiro atoms. The highest BCUT2D eigenvalue weighted by Gasteiger charge is 2.37. The zero-order chi connectivity index (χ0) is 17.9. The third kappa shape index (κ3) is 3.89. The van der Waals surface area contributed by atoms with E-state index in [2.05, 4.69) is 15.5 Å². The maximum absolute atomic E-state index is 12.6. The lowest BCUT2D eigenvalue weighted by molar-refractivity contribution is -0.150. The molecule has 0 aliphatic carbocycles. The zero-order valence-electron chi connectivity index (χ0n) is 13.1. The zero-order valence-corrected chi connectivity index (χ0v) is 13.9. The molecule has 0 bridgehead atoms. The van der Waals surface area contributed by atoms with Crippen molar-refractivity contribution in [1.82, 2.24) is 9.84 Å². The van der Waals surface area contributed by atoms with Gasteiger partial charge < -0.3 is 10.1 Å². The molecule has 24 heavy (non-hydrogen) atoms. The van der Waals surface area contributed by atoms with Crippen molar-refractivity contribution in [2.45, 2.75) is 18.2 Å². The number of sulfonamides is 1. The number of esters is 1. The highest BCUT2D eigenvalue weighted by Crippen LogP contribution is 2.22. The Labute approximate surface area is 139 Å². The topological polar surface area (TPSA) is 122 Å². The number of amides is 2. The maximum Gasteiger partial charge on any atom is 0.310 e. The predicted octanol–water partition coefficient (Wildman–Crippen LogP) is -0.140. The Kier molecular flexibility index (Phi) is 5.20. The van der Waals surface area contributed by atoms with Crippen LogP contribution in [0.3, 0.4) is 0 Å². The van der Waals surface area contributed by atoms with Crippen molar-refractivity contribution >= 4 is 33.5 Å². The Morgan fingerprint density at radius 3 is 2.46 bits per heavy atom. The first-order chi connectivity index (χ1) is 11.2. The first kappa shape index (κ1) is 17.9. The second-order valence-corrected chi connectivity index (χ2v) is 7.06. The molecule has 2 rings (SSSR count). The van der Waals surface area contributed by atoms with Gasteiger partial charge in [-0.1, -0.05) is 0 Å². The first-order valence-electron chi connectivity index (χ1n) is 7.01. The van der Waals surface area contributed by atoms with Crippen molar-refractivity contribution in [3.05, 3.63) is 24.3 Å². The first-order valence-corrected chi connectivity index (χ1v) is 8.45. The standard InChI is InChI=1S/C14H17N3O6S/c1-9(18)15-11-3-5-12(6-4-11)24(21,22)17-8-10(14(20)23-2)7-13(19)16-17/h3-6,10H,7-8H2,1-2H3,(H,15,18)(H,16,19). The minimum Gasteiger partial charge on any atom is -0.469 e. The lowest BCUT2D eigenvalue weighted by Crippen LogP contribution is -2.54. The second kappa shape index (κ2) is 6.97. The van der Waals surface area contributed by atoms with Crippen LogP contribution in [0.4, 0.5) is 5.69 Å². The Bertz CT molecular complexity index is 759. The minimum absolute atomic E-state index is 0.0811. The van der Waals surface area contributed by atoms with Crippen molar-refractivity contribution in [2.75, 3.05) is 19.0 Å². The van der Waals surface area contributed by atoms with E-state index in [1.165, 1.54) is 38.3 Å². The average Bonchev–Trinajstić information content (AvgIpc) is 2.53. The molecule has 2 amide bonds. The van der Waals surface area contributed by atoms with Gasteiger partial charge in [0.05, 0.1) is 17.9 Å². The molecule has 1 fully saturated rings. The summed E-state index contributed by atoms with van der Waals surface area (Å²) >= 11 is 0. The second-order valence-electron chi connectivity index (χ2n) is 5.20. The fourth-order valence-electron chi connectivity index (χ4n) is 2.24. The number of methoxy groups -OCH3 is 1. The van der Waals surface area contributed by atoms with Crippen LogP contribution in [0.5, 0.6) is 0 Å². The van der Waals surface area contributed by atoms with Gasteiger partial charge in [0.1, 0.15) is 0 Å². The van der Waals surface area contributed by atoms with Gasteiger partial charge in [-0.15, -0.1) is 4.41 Å². The number of rotatable bonds is 4. The summed E-state index contributed by atoms with van der Waals surface area (Å²) in [5, 5.41) is 2.52. The van der Waals surface area contributed by atoms with Crippen molar-refractivity contribution in [1.29, 1.82) is 0 Å². The molecule has 1 atom stereocenters. The average molecular weight is 355 g/mol. The number of nitrogens with one attached hydrogen (secondary N) is 2. The molecule has 1 heterocycles. The van der Waals surface area contributed by atoms with Crippen molar-refractivity contribution in [3.63, 3.8) is 0 Å². The number of carbonyl (C=O) groups excluding carboxylic acids is 3. The molecule has 0 radical (unpaired) electrons. The van der Waals surface area contributed by atoms with Crippen LogP contribution in [0.1, 0.15) is 13.3 Å². The molecule has 2 N–H and O–H groups in total. The third-order valence-electron chi connectivity index (χ3n) is 3.36. The van der Waals surface area contributed by atoms with Gasteiger partial charge in [0.15, 0.2) is 0 Å². The molecule has 1 aromatic rings. The minimum atomic E-state index is -4.03. The summed E-state index contributed by atoms with van der Waals surface area (Å²) in [6.07, 6.45) is -0.139. The van der Waals surface area contributed by atoms with Gasteiger partial charge in [-0.3, -0.25) is 19.8 Å². The number of hydrazine groups is 1. The monoisotopic (exact) mass is 355 g/mol. The molecule has 1 unspecified atom stereocenters. The fourth-order valence-corrected chi connectivity index (χ4v) is 3.58. The summed E-state index contributed by atoms with van der Waals surface area (Å²) in [5.74, 6) is -2.38. The van der Waals surface area contributed by atoms with Gasteiger partial charge in [-0.25, -0.2) is 8.42 Å². The van der Waals surface area contributed by atoms with E-state index in [1.54, 1.807) is 0 Å². The van der Waals surface area contributed by atoms with Gasteiger partial charge in [-0.05, 0) is 24.3 Å². The lowest BCUT2D eigenvalue weighted by atomic mass is 10.0. The molecular formula is C14H17N3O6S. The van der Waals surface area contributed by atoms with Gasteiger partial charge >= 0.3 is 5.97 Å². The number of carbonyl (C=O) groups is 3. The summed E-state index contributed by atoms with van der Waals surface area (Å²) in [6, 6.07) is 5.46. The van der Waals surface area contributed by atoms with E-state index in [-0.39, 0.29) is 23.8 Å². The number of benzene rings is 1. The number of anilines is 1. The Balaban J connectivity index is 2.23. The van der Waals surface area contributed by atoms with E-state index >= 15 is 0 Å². The number of nitrogens with zero attached hydrogens (tertiary/aromatic N) is 1. The molecule has 1 saturated heterocycles. The van der Waals surface area contributed by atoms with Crippen LogP contribution in [-0.4, -0.2) is 44.3 Å². The summed E-state index contributed by atoms with van der Waals surface area (Å²) in [4.78, 5) is 34.2. The van der Waals surface area contributed by atoms with Crippen LogP contribution in [0.15, 0.2) is 29.2 Å². The molecule has 0 aromatic heterocycles. The summed E-state index contributed by atoms with van der Waals surface area (Å²) in [6.45, 7) is 1.12. The summed E-state index contributed by atoms with van der Waals surface area (Å²) < 4.78 is 30.5. The van der Waals surface area contributed by atoms with Gasteiger partial charge in [0, 0.05) is 25.6 Å². The Hall–Kier alpha value is -2.46. The molecule has 1 aliphatic rings. The van der Waals surface area contributed by atoms with Crippen LogP contribution in [-0.2, 0) is 29.1 Å². The lowest BCUT2D eigenvalue weighted by Gasteiger charge is -2.30. The molecule has 10 heteroatoms. The van der Waals surface area contributed by atoms with Crippen LogP contribution in [0.2, 0.25) is 0 Å². The Morgan fingerprint density at radius 2 is 1.92 bits per heavy atom. The number of hydrogen-bond donors (Lipinski definition) is 2. The summed E-state index contributed by atoms with van der Waals surface area (Å²) in [7, 11) is -2.86. The van der Waals surface area contributed by atoms with Gasteiger partial charge in [0.25, 0.3) is 10.0 Å². The van der Waals surface area contributed by atoms with Crippen LogP contribution in [0, 0.1) is 5.92 Å². The summed E-state index contributed by atoms with van der Waals surface area (Å²) in [5.41, 5.74) is 2.68. The fraction of sp³-hybridized carbons (Fsp3) is 0.357. The van der Waals surface area contributed by atoms with E-state index in [1.807, 2.05) is 0 Å². The van der Waals surface area contributed by atoms with Crippen molar-refractivity contribution < 1.29 is 27.5 Å². The van der Waals surface area contributed by atoms with Crippen molar-refractivity contribution in [2.24, 2.45) is 5.92 Å². The normalized spacial score (nSPS) is 18.6. The van der Waals surface area contributed by atoms with E-state index in [4.69, 9.17) is 0 Å². The molecular weight excluding hydrogens is 338 g/mol. The van der Waals surface area contributed by atoms with E-state index in [9.17, 15) is 22.8 Å². The molecule has 130 valence electrons. The largest absolute Gasteiger partial charge is 0.469 e. The number of ether oxygens (including phenoxy) is 1. The smallest absolute Gasteiger partial charge is 0.310 e. The molecule has 1 aromatic carbocycles. The molecule has 1 aliphatic heterocycles. The number of hydrogen-bond acceptors (Lipinski definition) is 6. The van der Waals surface area contributed by atoms with E-state index < -0.39 is 27.8 Å². The van der Waals surface area contributed by atoms with Crippen LogP contribution < -0.4 is 10.7 Å². The highest BCUT2D eigenvalue weighted by atomic mass is 32.2. The molecule has 9 nitrogen and oxygen atoms in total. The van der Waals surface area contributed by atoms with E-state index in [0.717, 1.165) is 4.41 Å². The third-order valence-corrected chi connectivity index (χ3v) is 5.05. The Morgan fingerprint density at radius 1 is 1.29 bits per heavy atom. The SMILES string of the molecule is COC(=O)C1CC(=O)NN(S(=O)(=O)c2ccc(NC(C)=O)cc2)C1. The molecule has 0 saturated carbocycles. The van der Waals surface area contributed by atoms with Gasteiger partial charge in [0.2, 0.25) is 11.8 Å². The van der Waals surface area contributed by atoms with Gasteiger partial charge in [-0.2, -0.15) is 0 Å².